The van der Waals surface area contributed by atoms with Crippen LogP contribution in [0.4, 0.5) is 11.4 Å². The largest absolute Gasteiger partial charge is 0.465 e. The molecule has 0 radical (unpaired) electrons. The lowest BCUT2D eigenvalue weighted by molar-refractivity contribution is -0.384. The second-order valence-corrected chi connectivity index (χ2v) is 4.49. The molecule has 0 saturated carbocycles. The zero-order valence-electron chi connectivity index (χ0n) is 11.1. The lowest BCUT2D eigenvalue weighted by Gasteiger charge is -2.21. The Morgan fingerprint density at radius 1 is 1.55 bits per heavy atom. The molecule has 0 bridgehead atoms. The van der Waals surface area contributed by atoms with Crippen molar-refractivity contribution in [1.82, 2.24) is 0 Å². The van der Waals surface area contributed by atoms with E-state index in [4.69, 9.17) is 5.11 Å². The van der Waals surface area contributed by atoms with Gasteiger partial charge < -0.3 is 20.3 Å². The summed E-state index contributed by atoms with van der Waals surface area (Å²) in [7, 11) is 1.20. The summed E-state index contributed by atoms with van der Waals surface area (Å²) in [6, 6.07) is 3.71. The summed E-state index contributed by atoms with van der Waals surface area (Å²) >= 11 is 0. The number of aliphatic hydroxyl groups is 2. The first-order valence-corrected chi connectivity index (χ1v) is 5.74. The van der Waals surface area contributed by atoms with Crippen molar-refractivity contribution in [2.75, 3.05) is 25.6 Å². The van der Waals surface area contributed by atoms with Crippen LogP contribution in [0.25, 0.3) is 0 Å². The van der Waals surface area contributed by atoms with E-state index in [0.29, 0.717) is 0 Å². The number of aliphatic hydroxyl groups excluding tert-OH is 1. The Balaban J connectivity index is 3.06. The van der Waals surface area contributed by atoms with E-state index in [9.17, 15) is 20.0 Å². The summed E-state index contributed by atoms with van der Waals surface area (Å²) in [5.74, 6) is -0.628. The number of rotatable bonds is 6. The number of ether oxygens (including phenoxy) is 1. The van der Waals surface area contributed by atoms with Crippen molar-refractivity contribution in [3.8, 4) is 0 Å². The van der Waals surface area contributed by atoms with E-state index in [1.807, 2.05) is 0 Å². The maximum absolute atomic E-state index is 11.4. The van der Waals surface area contributed by atoms with Gasteiger partial charge in [0.1, 0.15) is 11.3 Å². The van der Waals surface area contributed by atoms with Crippen LogP contribution in [0.5, 0.6) is 0 Å². The quantitative estimate of drug-likeness (QED) is 0.396. The molecule has 1 rings (SSSR count). The van der Waals surface area contributed by atoms with E-state index in [1.54, 1.807) is 0 Å². The van der Waals surface area contributed by atoms with Crippen LogP contribution in [0.2, 0.25) is 0 Å². The number of nitro benzene ring substituents is 1. The molecule has 8 nitrogen and oxygen atoms in total. The SMILES string of the molecule is COC(=O)c1ccc([N+](=O)[O-])c(NCC(C)(O)CO)c1. The molecule has 0 heterocycles. The maximum Gasteiger partial charge on any atom is 0.337 e. The first-order chi connectivity index (χ1) is 9.30. The lowest BCUT2D eigenvalue weighted by atomic mass is 10.1. The van der Waals surface area contributed by atoms with Gasteiger partial charge in [-0.05, 0) is 19.1 Å². The van der Waals surface area contributed by atoms with Gasteiger partial charge in [0.25, 0.3) is 5.69 Å². The molecule has 0 aromatic heterocycles. The number of nitrogens with zero attached hydrogens (tertiary/aromatic N) is 1. The van der Waals surface area contributed by atoms with Gasteiger partial charge in [-0.3, -0.25) is 10.1 Å². The van der Waals surface area contributed by atoms with Gasteiger partial charge in [0.2, 0.25) is 0 Å². The molecule has 110 valence electrons. The van der Waals surface area contributed by atoms with Crippen molar-refractivity contribution < 1.29 is 24.7 Å². The summed E-state index contributed by atoms with van der Waals surface area (Å²) in [6.07, 6.45) is 0. The lowest BCUT2D eigenvalue weighted by Crippen LogP contribution is -2.37. The Labute approximate surface area is 115 Å². The highest BCUT2D eigenvalue weighted by molar-refractivity contribution is 5.91. The van der Waals surface area contributed by atoms with Crippen LogP contribution in [0.15, 0.2) is 18.2 Å². The summed E-state index contributed by atoms with van der Waals surface area (Å²) in [4.78, 5) is 21.7. The number of nitro groups is 1. The summed E-state index contributed by atoms with van der Waals surface area (Å²) in [6.45, 7) is 0.745. The zero-order valence-corrected chi connectivity index (χ0v) is 11.1. The van der Waals surface area contributed by atoms with Gasteiger partial charge in [0, 0.05) is 12.6 Å². The number of esters is 1. The van der Waals surface area contributed by atoms with Gasteiger partial charge in [-0.2, -0.15) is 0 Å². The van der Waals surface area contributed by atoms with Crippen molar-refractivity contribution in [2.45, 2.75) is 12.5 Å². The zero-order chi connectivity index (χ0) is 15.3. The number of nitrogens with one attached hydrogen (secondary N) is 1. The number of carbonyl (C=O) groups is 1. The Kier molecular flexibility index (Phi) is 5.00. The highest BCUT2D eigenvalue weighted by atomic mass is 16.6. The summed E-state index contributed by atoms with van der Waals surface area (Å²) in [5.41, 5.74) is -1.47. The molecule has 3 N–H and O–H groups in total. The van der Waals surface area contributed by atoms with Gasteiger partial charge in [-0.25, -0.2) is 4.79 Å². The minimum Gasteiger partial charge on any atom is -0.465 e. The Morgan fingerprint density at radius 3 is 2.70 bits per heavy atom. The third-order valence-electron chi connectivity index (χ3n) is 2.61. The molecule has 1 atom stereocenters. The van der Waals surface area contributed by atoms with Crippen LogP contribution < -0.4 is 5.32 Å². The molecule has 0 spiro atoms. The molecule has 20 heavy (non-hydrogen) atoms. The van der Waals surface area contributed by atoms with E-state index >= 15 is 0 Å². The van der Waals surface area contributed by atoms with Crippen LogP contribution >= 0.6 is 0 Å². The van der Waals surface area contributed by atoms with Crippen molar-refractivity contribution >= 4 is 17.3 Å². The first-order valence-electron chi connectivity index (χ1n) is 5.74. The second-order valence-electron chi connectivity index (χ2n) is 4.49. The molecule has 1 unspecified atom stereocenters. The molecule has 0 aliphatic heterocycles. The summed E-state index contributed by atoms with van der Waals surface area (Å²) < 4.78 is 4.53. The number of methoxy groups -OCH3 is 1. The molecule has 0 aliphatic carbocycles. The van der Waals surface area contributed by atoms with Crippen LogP contribution in [-0.2, 0) is 4.74 Å². The minimum absolute atomic E-state index is 0.0617. The molecule has 1 aromatic rings. The molecule has 0 amide bonds. The number of hydrogen-bond donors (Lipinski definition) is 3. The van der Waals surface area contributed by atoms with Crippen molar-refractivity contribution in [3.63, 3.8) is 0 Å². The van der Waals surface area contributed by atoms with E-state index in [0.717, 1.165) is 0 Å². The molecule has 1 aromatic carbocycles. The first kappa shape index (κ1) is 15.9. The van der Waals surface area contributed by atoms with E-state index < -0.39 is 23.1 Å². The van der Waals surface area contributed by atoms with E-state index in [2.05, 4.69) is 10.1 Å². The fourth-order valence-corrected chi connectivity index (χ4v) is 1.42. The van der Waals surface area contributed by atoms with Crippen molar-refractivity contribution in [2.24, 2.45) is 0 Å². The number of hydrogen-bond acceptors (Lipinski definition) is 7. The maximum atomic E-state index is 11.4. The van der Waals surface area contributed by atoms with Gasteiger partial charge in [-0.15, -0.1) is 0 Å². The molecular formula is C12H16N2O6. The van der Waals surface area contributed by atoms with Gasteiger partial charge in [0.15, 0.2) is 0 Å². The minimum atomic E-state index is -1.44. The second kappa shape index (κ2) is 6.31. The Bertz CT molecular complexity index is 515. The molecule has 0 saturated heterocycles. The Hall–Kier alpha value is -2.19. The van der Waals surface area contributed by atoms with Crippen LogP contribution in [0, 0.1) is 10.1 Å². The fourth-order valence-electron chi connectivity index (χ4n) is 1.42. The van der Waals surface area contributed by atoms with Crippen molar-refractivity contribution in [3.05, 3.63) is 33.9 Å². The van der Waals surface area contributed by atoms with Crippen LogP contribution in [0.3, 0.4) is 0 Å². The average molecular weight is 284 g/mol. The monoisotopic (exact) mass is 284 g/mol. The predicted molar refractivity (Wildman–Crippen MR) is 70.6 cm³/mol. The number of carbonyl (C=O) groups excluding carboxylic acids is 1. The smallest absolute Gasteiger partial charge is 0.337 e. The predicted octanol–water partition coefficient (Wildman–Crippen LogP) is 0.537. The van der Waals surface area contributed by atoms with Gasteiger partial charge in [-0.1, -0.05) is 0 Å². The highest BCUT2D eigenvalue weighted by Crippen LogP contribution is 2.26. The normalized spacial score (nSPS) is 13.4. The number of anilines is 1. The number of benzene rings is 1. The van der Waals surface area contributed by atoms with Crippen LogP contribution in [0.1, 0.15) is 17.3 Å². The molecule has 0 fully saturated rings. The third kappa shape index (κ3) is 3.90. The fraction of sp³-hybridized carbons (Fsp3) is 0.417. The summed E-state index contributed by atoms with van der Waals surface area (Å²) in [5, 5.41) is 32.1. The molecular weight excluding hydrogens is 268 g/mol. The molecule has 8 heteroatoms. The highest BCUT2D eigenvalue weighted by Gasteiger charge is 2.22. The van der Waals surface area contributed by atoms with E-state index in [1.165, 1.54) is 32.2 Å². The average Bonchev–Trinajstić information content (AvgIpc) is 2.43. The molecule has 0 aliphatic rings. The van der Waals surface area contributed by atoms with Gasteiger partial charge >= 0.3 is 5.97 Å². The van der Waals surface area contributed by atoms with E-state index in [-0.39, 0.29) is 23.5 Å². The van der Waals surface area contributed by atoms with Crippen LogP contribution in [-0.4, -0.2) is 47.0 Å². The Morgan fingerprint density at radius 2 is 2.20 bits per heavy atom. The standard InChI is InChI=1S/C12H16N2O6/c1-12(17,7-15)6-13-9-5-8(11(16)20-2)3-4-10(9)14(18)19/h3-5,13,15,17H,6-7H2,1-2H3. The topological polar surface area (TPSA) is 122 Å². The van der Waals surface area contributed by atoms with Crippen molar-refractivity contribution in [1.29, 1.82) is 0 Å². The third-order valence-corrected chi connectivity index (χ3v) is 2.61. The van der Waals surface area contributed by atoms with Gasteiger partial charge in [0.05, 0.1) is 24.2 Å².